The van der Waals surface area contributed by atoms with Crippen LogP contribution in [0.3, 0.4) is 0 Å². The van der Waals surface area contributed by atoms with Gasteiger partial charge in [0.15, 0.2) is 6.10 Å². The van der Waals surface area contributed by atoms with E-state index in [1.807, 2.05) is 30.3 Å². The number of nitrogens with one attached hydrogen (secondary N) is 1. The monoisotopic (exact) mass is 333 g/mol. The predicted molar refractivity (Wildman–Crippen MR) is 86.3 cm³/mol. The zero-order chi connectivity index (χ0) is 16.8. The minimum absolute atomic E-state index is 0.0831. The van der Waals surface area contributed by atoms with Gasteiger partial charge in [0.25, 0.3) is 5.91 Å². The van der Waals surface area contributed by atoms with E-state index in [9.17, 15) is 14.7 Å². The number of phenolic OH excluding ortho intramolecular Hbond substituents is 1. The van der Waals surface area contributed by atoms with Crippen molar-refractivity contribution in [3.8, 4) is 5.75 Å². The van der Waals surface area contributed by atoms with Crippen molar-refractivity contribution in [3.05, 3.63) is 64.7 Å². The van der Waals surface area contributed by atoms with Crippen molar-refractivity contribution in [2.45, 2.75) is 19.6 Å². The number of halogens is 1. The highest BCUT2D eigenvalue weighted by Crippen LogP contribution is 2.22. The summed E-state index contributed by atoms with van der Waals surface area (Å²) in [5, 5.41) is 12.6. The van der Waals surface area contributed by atoms with Crippen LogP contribution in [0, 0.1) is 0 Å². The first kappa shape index (κ1) is 16.8. The molecule has 0 aromatic heterocycles. The van der Waals surface area contributed by atoms with E-state index in [1.54, 1.807) is 0 Å². The quantitative estimate of drug-likeness (QED) is 0.825. The Balaban J connectivity index is 1.92. The Hall–Kier alpha value is -2.53. The Bertz CT molecular complexity index is 703. The molecule has 1 atom stereocenters. The van der Waals surface area contributed by atoms with Crippen LogP contribution < -0.4 is 5.32 Å². The average molecular weight is 334 g/mol. The van der Waals surface area contributed by atoms with E-state index in [4.69, 9.17) is 16.3 Å². The van der Waals surface area contributed by atoms with Gasteiger partial charge in [0.1, 0.15) is 11.3 Å². The standard InChI is InChI=1S/C17H16ClNO4/c1-11(16(21)19-10-12-5-3-2-4-6-12)23-17(22)14-9-13(18)7-8-15(14)20/h2-9,11,20H,10H2,1H3,(H,19,21)/t11-/m1/s1. The molecule has 0 radical (unpaired) electrons. The van der Waals surface area contributed by atoms with Gasteiger partial charge in [-0.25, -0.2) is 4.79 Å². The Labute approximate surface area is 138 Å². The molecule has 0 aliphatic rings. The summed E-state index contributed by atoms with van der Waals surface area (Å²) >= 11 is 5.78. The average Bonchev–Trinajstić information content (AvgIpc) is 2.55. The van der Waals surface area contributed by atoms with Crippen LogP contribution in [0.2, 0.25) is 5.02 Å². The number of benzene rings is 2. The summed E-state index contributed by atoms with van der Waals surface area (Å²) in [6.45, 7) is 1.80. The van der Waals surface area contributed by atoms with E-state index in [0.717, 1.165) is 5.56 Å². The number of hydrogen-bond donors (Lipinski definition) is 2. The number of phenols is 1. The predicted octanol–water partition coefficient (Wildman–Crippen LogP) is 2.91. The van der Waals surface area contributed by atoms with Crippen LogP contribution in [-0.2, 0) is 16.1 Å². The molecule has 0 spiro atoms. The summed E-state index contributed by atoms with van der Waals surface area (Å²) in [6, 6.07) is 13.4. The van der Waals surface area contributed by atoms with E-state index < -0.39 is 18.0 Å². The van der Waals surface area contributed by atoms with Crippen LogP contribution in [0.15, 0.2) is 48.5 Å². The van der Waals surface area contributed by atoms with Gasteiger partial charge in [-0.2, -0.15) is 0 Å². The van der Waals surface area contributed by atoms with E-state index >= 15 is 0 Å². The summed E-state index contributed by atoms with van der Waals surface area (Å²) in [5.41, 5.74) is 0.854. The number of amides is 1. The van der Waals surface area contributed by atoms with Crippen molar-refractivity contribution >= 4 is 23.5 Å². The van der Waals surface area contributed by atoms with Gasteiger partial charge in [-0.3, -0.25) is 4.79 Å². The number of ether oxygens (including phenoxy) is 1. The Morgan fingerprint density at radius 1 is 1.22 bits per heavy atom. The number of carbonyl (C=O) groups is 2. The first-order valence-electron chi connectivity index (χ1n) is 6.98. The van der Waals surface area contributed by atoms with E-state index in [0.29, 0.717) is 6.54 Å². The molecule has 2 aromatic carbocycles. The van der Waals surface area contributed by atoms with Gasteiger partial charge in [0.05, 0.1) is 0 Å². The number of esters is 1. The highest BCUT2D eigenvalue weighted by atomic mass is 35.5. The number of aromatic hydroxyl groups is 1. The summed E-state index contributed by atoms with van der Waals surface area (Å²) in [7, 11) is 0. The van der Waals surface area contributed by atoms with Gasteiger partial charge in [0, 0.05) is 11.6 Å². The number of carbonyl (C=O) groups excluding carboxylic acids is 2. The zero-order valence-corrected chi connectivity index (χ0v) is 13.2. The molecule has 0 saturated heterocycles. The third-order valence-corrected chi connectivity index (χ3v) is 3.38. The maximum Gasteiger partial charge on any atom is 0.342 e. The van der Waals surface area contributed by atoms with Gasteiger partial charge >= 0.3 is 5.97 Å². The molecule has 23 heavy (non-hydrogen) atoms. The second kappa shape index (κ2) is 7.65. The van der Waals surface area contributed by atoms with Crippen molar-refractivity contribution in [1.29, 1.82) is 0 Å². The normalized spacial score (nSPS) is 11.6. The second-order valence-electron chi connectivity index (χ2n) is 4.91. The van der Waals surface area contributed by atoms with E-state index in [1.165, 1.54) is 25.1 Å². The topological polar surface area (TPSA) is 75.6 Å². The first-order chi connectivity index (χ1) is 11.0. The molecule has 0 unspecified atom stereocenters. The van der Waals surface area contributed by atoms with E-state index in [2.05, 4.69) is 5.32 Å². The lowest BCUT2D eigenvalue weighted by Gasteiger charge is -2.14. The third-order valence-electron chi connectivity index (χ3n) is 3.14. The third kappa shape index (κ3) is 4.72. The number of hydrogen-bond acceptors (Lipinski definition) is 4. The zero-order valence-electron chi connectivity index (χ0n) is 12.5. The number of rotatable bonds is 5. The van der Waals surface area contributed by atoms with Gasteiger partial charge in [-0.15, -0.1) is 0 Å². The molecule has 2 rings (SSSR count). The van der Waals surface area contributed by atoms with Crippen LogP contribution in [-0.4, -0.2) is 23.1 Å². The lowest BCUT2D eigenvalue weighted by molar-refractivity contribution is -0.129. The molecule has 0 aliphatic heterocycles. The fourth-order valence-electron chi connectivity index (χ4n) is 1.88. The van der Waals surface area contributed by atoms with Crippen LogP contribution in [0.25, 0.3) is 0 Å². The fourth-order valence-corrected chi connectivity index (χ4v) is 2.05. The molecular formula is C17H16ClNO4. The molecule has 0 saturated carbocycles. The SMILES string of the molecule is C[C@@H](OC(=O)c1cc(Cl)ccc1O)C(=O)NCc1ccccc1. The van der Waals surface area contributed by atoms with Crippen LogP contribution >= 0.6 is 11.6 Å². The van der Waals surface area contributed by atoms with Crippen LogP contribution in [0.1, 0.15) is 22.8 Å². The van der Waals surface area contributed by atoms with Crippen LogP contribution in [0.4, 0.5) is 0 Å². The summed E-state index contributed by atoms with van der Waals surface area (Å²) in [6.07, 6.45) is -0.996. The van der Waals surface area contributed by atoms with Gasteiger partial charge < -0.3 is 15.2 Å². The molecule has 1 amide bonds. The van der Waals surface area contributed by atoms with Crippen molar-refractivity contribution in [1.82, 2.24) is 5.32 Å². The maximum absolute atomic E-state index is 12.0. The second-order valence-corrected chi connectivity index (χ2v) is 5.35. The van der Waals surface area contributed by atoms with Gasteiger partial charge in [-0.1, -0.05) is 41.9 Å². The van der Waals surface area contributed by atoms with Crippen molar-refractivity contribution in [2.24, 2.45) is 0 Å². The fraction of sp³-hybridized carbons (Fsp3) is 0.176. The molecule has 6 heteroatoms. The Kier molecular flexibility index (Phi) is 5.60. The maximum atomic E-state index is 12.0. The molecule has 120 valence electrons. The molecule has 2 aromatic rings. The molecule has 0 fully saturated rings. The summed E-state index contributed by atoms with van der Waals surface area (Å²) in [5.74, 6) is -1.49. The first-order valence-corrected chi connectivity index (χ1v) is 7.36. The Morgan fingerprint density at radius 3 is 2.61 bits per heavy atom. The molecular weight excluding hydrogens is 318 g/mol. The largest absolute Gasteiger partial charge is 0.507 e. The minimum Gasteiger partial charge on any atom is -0.507 e. The van der Waals surface area contributed by atoms with Crippen LogP contribution in [0.5, 0.6) is 5.75 Å². The summed E-state index contributed by atoms with van der Waals surface area (Å²) in [4.78, 5) is 23.9. The summed E-state index contributed by atoms with van der Waals surface area (Å²) < 4.78 is 5.05. The minimum atomic E-state index is -0.996. The molecule has 0 bridgehead atoms. The lowest BCUT2D eigenvalue weighted by atomic mass is 10.2. The van der Waals surface area contributed by atoms with Gasteiger partial charge in [0.2, 0.25) is 0 Å². The molecule has 0 aliphatic carbocycles. The van der Waals surface area contributed by atoms with Crippen molar-refractivity contribution < 1.29 is 19.4 Å². The molecule has 5 nitrogen and oxygen atoms in total. The highest BCUT2D eigenvalue weighted by molar-refractivity contribution is 6.31. The lowest BCUT2D eigenvalue weighted by Crippen LogP contribution is -2.35. The smallest absolute Gasteiger partial charge is 0.342 e. The van der Waals surface area contributed by atoms with Gasteiger partial charge in [-0.05, 0) is 30.7 Å². The van der Waals surface area contributed by atoms with Crippen molar-refractivity contribution in [2.75, 3.05) is 0 Å². The molecule has 2 N–H and O–H groups in total. The molecule has 0 heterocycles. The van der Waals surface area contributed by atoms with Crippen molar-refractivity contribution in [3.63, 3.8) is 0 Å². The van der Waals surface area contributed by atoms with E-state index in [-0.39, 0.29) is 16.3 Å². The highest BCUT2D eigenvalue weighted by Gasteiger charge is 2.21. The Morgan fingerprint density at radius 2 is 1.91 bits per heavy atom.